The number of aromatic nitrogens is 2. The molecule has 2 heterocycles. The van der Waals surface area contributed by atoms with Gasteiger partial charge in [0.2, 0.25) is 5.95 Å². The van der Waals surface area contributed by atoms with E-state index in [1.807, 2.05) is 13.0 Å². The van der Waals surface area contributed by atoms with Gasteiger partial charge in [-0.05, 0) is 54.8 Å². The molecule has 136 valence electrons. The number of hydrogen-bond donors (Lipinski definition) is 1. The van der Waals surface area contributed by atoms with Crippen molar-refractivity contribution < 1.29 is 9.18 Å². The van der Waals surface area contributed by atoms with Gasteiger partial charge in [-0.25, -0.2) is 14.4 Å². The zero-order valence-corrected chi connectivity index (χ0v) is 14.9. The zero-order chi connectivity index (χ0) is 18.8. The van der Waals surface area contributed by atoms with Crippen LogP contribution in [0, 0.1) is 12.7 Å². The van der Waals surface area contributed by atoms with Crippen LogP contribution in [0.2, 0.25) is 0 Å². The van der Waals surface area contributed by atoms with Gasteiger partial charge in [0.05, 0.1) is 0 Å². The van der Waals surface area contributed by atoms with Crippen molar-refractivity contribution in [2.75, 3.05) is 16.8 Å². The van der Waals surface area contributed by atoms with Crippen LogP contribution in [-0.4, -0.2) is 22.4 Å². The number of aryl methyl sites for hydroxylation is 1. The molecule has 0 unspecified atom stereocenters. The first-order chi connectivity index (χ1) is 13.1. The Balaban J connectivity index is 1.56. The second kappa shape index (κ2) is 7.15. The Morgan fingerprint density at radius 2 is 1.81 bits per heavy atom. The van der Waals surface area contributed by atoms with Crippen LogP contribution in [-0.2, 0) is 13.0 Å². The van der Waals surface area contributed by atoms with Crippen LogP contribution in [0.3, 0.4) is 0 Å². The van der Waals surface area contributed by atoms with E-state index in [-0.39, 0.29) is 11.7 Å². The minimum Gasteiger partial charge on any atom is -0.336 e. The first kappa shape index (κ1) is 17.1. The van der Waals surface area contributed by atoms with Gasteiger partial charge in [0, 0.05) is 24.5 Å². The summed E-state index contributed by atoms with van der Waals surface area (Å²) < 4.78 is 13.0. The maximum absolute atomic E-state index is 13.0. The van der Waals surface area contributed by atoms with E-state index < -0.39 is 0 Å². The van der Waals surface area contributed by atoms with Crippen LogP contribution in [0.4, 0.5) is 16.0 Å². The Morgan fingerprint density at radius 3 is 2.59 bits per heavy atom. The monoisotopic (exact) mass is 362 g/mol. The molecular formula is C21H19FN4O. The van der Waals surface area contributed by atoms with E-state index in [1.54, 1.807) is 6.07 Å². The van der Waals surface area contributed by atoms with Crippen molar-refractivity contribution in [1.82, 2.24) is 9.97 Å². The summed E-state index contributed by atoms with van der Waals surface area (Å²) in [6.45, 7) is 3.37. The van der Waals surface area contributed by atoms with Crippen LogP contribution in [0.15, 0.2) is 54.6 Å². The minimum atomic E-state index is -0.349. The number of hydrogen-bond acceptors (Lipinski definition) is 4. The highest BCUT2D eigenvalue weighted by Crippen LogP contribution is 2.22. The second-order valence-electron chi connectivity index (χ2n) is 6.60. The van der Waals surface area contributed by atoms with Gasteiger partial charge >= 0.3 is 0 Å². The molecule has 0 spiro atoms. The van der Waals surface area contributed by atoms with Crippen LogP contribution in [0.1, 0.15) is 27.3 Å². The molecule has 1 N–H and O–H groups in total. The largest absolute Gasteiger partial charge is 0.336 e. The van der Waals surface area contributed by atoms with Crippen molar-refractivity contribution in [3.63, 3.8) is 0 Å². The third-order valence-corrected chi connectivity index (χ3v) is 4.59. The van der Waals surface area contributed by atoms with Gasteiger partial charge in [0.25, 0.3) is 5.91 Å². The lowest BCUT2D eigenvalue weighted by Gasteiger charge is -2.29. The Bertz CT molecular complexity index is 988. The average Bonchev–Trinajstić information content (AvgIpc) is 2.69. The summed E-state index contributed by atoms with van der Waals surface area (Å²) in [5, 5.41) is 2.74. The normalized spacial score (nSPS) is 13.2. The first-order valence-corrected chi connectivity index (χ1v) is 8.83. The summed E-state index contributed by atoms with van der Waals surface area (Å²) in [5.74, 6) is -0.141. The molecule has 3 aromatic rings. The fraction of sp³-hybridized carbons (Fsp3) is 0.190. The van der Waals surface area contributed by atoms with Gasteiger partial charge in [0.1, 0.15) is 11.5 Å². The molecule has 1 aliphatic rings. The lowest BCUT2D eigenvalue weighted by atomic mass is 10.0. The van der Waals surface area contributed by atoms with Gasteiger partial charge in [-0.2, -0.15) is 0 Å². The van der Waals surface area contributed by atoms with Crippen molar-refractivity contribution in [2.45, 2.75) is 19.9 Å². The number of carbonyl (C=O) groups is 1. The number of benzene rings is 2. The molecule has 1 aromatic heterocycles. The van der Waals surface area contributed by atoms with Gasteiger partial charge in [-0.1, -0.05) is 24.3 Å². The number of carbonyl (C=O) groups excluding carboxylic acids is 1. The number of rotatable bonds is 3. The number of nitrogens with one attached hydrogen (secondary N) is 1. The summed E-state index contributed by atoms with van der Waals surface area (Å²) in [5.41, 5.74) is 4.14. The molecule has 0 fully saturated rings. The predicted octanol–water partition coefficient (Wildman–Crippen LogP) is 3.74. The van der Waals surface area contributed by atoms with E-state index in [9.17, 15) is 9.18 Å². The summed E-state index contributed by atoms with van der Waals surface area (Å²) >= 11 is 0. The molecule has 4 rings (SSSR count). The van der Waals surface area contributed by atoms with Crippen LogP contribution in [0.25, 0.3) is 0 Å². The van der Waals surface area contributed by atoms with E-state index in [0.717, 1.165) is 25.2 Å². The molecule has 1 aliphatic heterocycles. The maximum atomic E-state index is 13.0. The Kier molecular flexibility index (Phi) is 4.54. The lowest BCUT2D eigenvalue weighted by molar-refractivity contribution is 0.102. The fourth-order valence-corrected chi connectivity index (χ4v) is 3.21. The molecule has 0 aliphatic carbocycles. The van der Waals surface area contributed by atoms with Crippen molar-refractivity contribution in [1.29, 1.82) is 0 Å². The summed E-state index contributed by atoms with van der Waals surface area (Å²) in [4.78, 5) is 23.6. The molecule has 5 nitrogen and oxygen atoms in total. The van der Waals surface area contributed by atoms with Gasteiger partial charge in [-0.15, -0.1) is 0 Å². The molecule has 0 bridgehead atoms. The third-order valence-electron chi connectivity index (χ3n) is 4.59. The molecule has 1 amide bonds. The number of amides is 1. The minimum absolute atomic E-state index is 0.292. The van der Waals surface area contributed by atoms with E-state index >= 15 is 0 Å². The van der Waals surface area contributed by atoms with Crippen LogP contribution < -0.4 is 10.2 Å². The molecule has 0 radical (unpaired) electrons. The van der Waals surface area contributed by atoms with Crippen molar-refractivity contribution in [2.24, 2.45) is 0 Å². The van der Waals surface area contributed by atoms with Crippen LogP contribution >= 0.6 is 0 Å². The highest BCUT2D eigenvalue weighted by Gasteiger charge is 2.20. The van der Waals surface area contributed by atoms with E-state index in [0.29, 0.717) is 17.3 Å². The smallest absolute Gasteiger partial charge is 0.274 e. The SMILES string of the molecule is Cc1cc(C(=O)Nc2ccc(F)cc2)nc(N2CCc3ccccc3C2)n1. The highest BCUT2D eigenvalue weighted by molar-refractivity contribution is 6.03. The number of anilines is 2. The van der Waals surface area contributed by atoms with Gasteiger partial charge < -0.3 is 10.2 Å². The summed E-state index contributed by atoms with van der Waals surface area (Å²) in [6.07, 6.45) is 0.921. The molecular weight excluding hydrogens is 343 g/mol. The standard InChI is InChI=1S/C21H19FN4O/c1-14-12-19(20(27)24-18-8-6-17(22)7-9-18)25-21(23-14)26-11-10-15-4-2-3-5-16(15)13-26/h2-9,12H,10-11,13H2,1H3,(H,24,27). The summed E-state index contributed by atoms with van der Waals surface area (Å²) in [6, 6.07) is 15.6. The van der Waals surface area contributed by atoms with E-state index in [4.69, 9.17) is 0 Å². The topological polar surface area (TPSA) is 58.1 Å². The summed E-state index contributed by atoms with van der Waals surface area (Å²) in [7, 11) is 0. The average molecular weight is 362 g/mol. The molecule has 2 aromatic carbocycles. The Morgan fingerprint density at radius 1 is 1.07 bits per heavy atom. The van der Waals surface area contributed by atoms with Crippen molar-refractivity contribution in [3.8, 4) is 0 Å². The Labute approximate surface area is 156 Å². The molecule has 0 saturated carbocycles. The van der Waals surface area contributed by atoms with Gasteiger partial charge in [0.15, 0.2) is 0 Å². The Hall–Kier alpha value is -3.28. The molecule has 6 heteroatoms. The highest BCUT2D eigenvalue weighted by atomic mass is 19.1. The molecule has 27 heavy (non-hydrogen) atoms. The second-order valence-corrected chi connectivity index (χ2v) is 6.60. The van der Waals surface area contributed by atoms with Crippen LogP contribution in [0.5, 0.6) is 0 Å². The third kappa shape index (κ3) is 3.79. The zero-order valence-electron chi connectivity index (χ0n) is 14.9. The number of fused-ring (bicyclic) bond motifs is 1. The molecule has 0 atom stereocenters. The van der Waals surface area contributed by atoms with E-state index in [1.165, 1.54) is 35.4 Å². The predicted molar refractivity (Wildman–Crippen MR) is 102 cm³/mol. The lowest BCUT2D eigenvalue weighted by Crippen LogP contribution is -2.32. The first-order valence-electron chi connectivity index (χ1n) is 8.83. The molecule has 0 saturated heterocycles. The van der Waals surface area contributed by atoms with Gasteiger partial charge in [-0.3, -0.25) is 4.79 Å². The quantitative estimate of drug-likeness (QED) is 0.771. The fourth-order valence-electron chi connectivity index (χ4n) is 3.21. The number of nitrogens with zero attached hydrogens (tertiary/aromatic N) is 3. The van der Waals surface area contributed by atoms with E-state index in [2.05, 4.69) is 38.4 Å². The maximum Gasteiger partial charge on any atom is 0.274 e. The number of halogens is 1. The van der Waals surface area contributed by atoms with Crippen molar-refractivity contribution in [3.05, 3.63) is 82.9 Å². The van der Waals surface area contributed by atoms with Crippen molar-refractivity contribution >= 4 is 17.5 Å².